The van der Waals surface area contributed by atoms with Gasteiger partial charge < -0.3 is 9.72 Å². The molecule has 0 radical (unpaired) electrons. The number of hydrogen-bond acceptors (Lipinski definition) is 5. The highest BCUT2D eigenvalue weighted by molar-refractivity contribution is 5.79. The highest BCUT2D eigenvalue weighted by Crippen LogP contribution is 2.19. The van der Waals surface area contributed by atoms with Crippen LogP contribution < -0.4 is 10.3 Å². The molecule has 4 aromatic rings. The summed E-state index contributed by atoms with van der Waals surface area (Å²) in [4.78, 5) is 14.2. The molecule has 1 unspecified atom stereocenters. The molecular weight excluding hydrogens is 354 g/mol. The molecule has 0 fully saturated rings. The second kappa shape index (κ2) is 8.04. The van der Waals surface area contributed by atoms with Crippen molar-refractivity contribution in [2.24, 2.45) is 5.92 Å². The Morgan fingerprint density at radius 3 is 2.82 bits per heavy atom. The van der Waals surface area contributed by atoms with Crippen LogP contribution in [0.3, 0.4) is 0 Å². The lowest BCUT2D eigenvalue weighted by Gasteiger charge is -2.13. The van der Waals surface area contributed by atoms with Crippen molar-refractivity contribution in [3.05, 3.63) is 82.4 Å². The quantitative estimate of drug-likeness (QED) is 0.537. The first-order chi connectivity index (χ1) is 13.7. The van der Waals surface area contributed by atoms with E-state index < -0.39 is 0 Å². The summed E-state index contributed by atoms with van der Waals surface area (Å²) in [6, 6.07) is 19.1. The van der Waals surface area contributed by atoms with Gasteiger partial charge in [-0.15, -0.1) is 5.10 Å². The van der Waals surface area contributed by atoms with Crippen LogP contribution in [-0.2, 0) is 13.0 Å². The third-order valence-electron chi connectivity index (χ3n) is 4.54. The molecule has 1 N–H and O–H groups in total. The van der Waals surface area contributed by atoms with Gasteiger partial charge in [-0.2, -0.15) is 0 Å². The minimum atomic E-state index is -0.108. The van der Waals surface area contributed by atoms with Crippen molar-refractivity contribution >= 4 is 10.9 Å². The number of pyridine rings is 1. The number of aromatic nitrogens is 5. The fourth-order valence-corrected chi connectivity index (χ4v) is 3.08. The Hall–Kier alpha value is -3.48. The van der Waals surface area contributed by atoms with Crippen LogP contribution in [0.2, 0.25) is 0 Å². The van der Waals surface area contributed by atoms with Gasteiger partial charge in [0.25, 0.3) is 0 Å². The zero-order chi connectivity index (χ0) is 19.3. The number of nitrogens with zero attached hydrogens (tertiary/aromatic N) is 4. The minimum Gasteiger partial charge on any atom is -0.493 e. The SMILES string of the molecule is CC(COc1ccc2[nH]c(=O)ccc2c1)Cc1nnnn1Cc1ccccc1. The molecule has 2 aromatic heterocycles. The number of fused-ring (bicyclic) bond motifs is 1. The highest BCUT2D eigenvalue weighted by Gasteiger charge is 2.12. The Balaban J connectivity index is 1.37. The summed E-state index contributed by atoms with van der Waals surface area (Å²) in [6.45, 7) is 3.31. The van der Waals surface area contributed by atoms with Gasteiger partial charge in [-0.05, 0) is 46.2 Å². The number of rotatable bonds is 7. The summed E-state index contributed by atoms with van der Waals surface area (Å²) in [6.07, 6.45) is 0.723. The number of aromatic amines is 1. The van der Waals surface area contributed by atoms with E-state index in [0.717, 1.165) is 34.5 Å². The van der Waals surface area contributed by atoms with Crippen molar-refractivity contribution in [1.82, 2.24) is 25.2 Å². The molecule has 0 aliphatic carbocycles. The van der Waals surface area contributed by atoms with Crippen LogP contribution in [0.15, 0.2) is 65.5 Å². The lowest BCUT2D eigenvalue weighted by Crippen LogP contribution is -2.16. The molecule has 0 bridgehead atoms. The third kappa shape index (κ3) is 4.25. The predicted molar refractivity (Wildman–Crippen MR) is 106 cm³/mol. The molecule has 2 heterocycles. The molecule has 4 rings (SSSR count). The van der Waals surface area contributed by atoms with Gasteiger partial charge in [0, 0.05) is 23.4 Å². The van der Waals surface area contributed by atoms with E-state index in [4.69, 9.17) is 4.74 Å². The average Bonchev–Trinajstić information content (AvgIpc) is 3.13. The Labute approximate surface area is 162 Å². The Morgan fingerprint density at radius 2 is 1.96 bits per heavy atom. The molecule has 0 spiro atoms. The van der Waals surface area contributed by atoms with Gasteiger partial charge in [0.05, 0.1) is 13.2 Å². The van der Waals surface area contributed by atoms with Crippen molar-refractivity contribution in [1.29, 1.82) is 0 Å². The lowest BCUT2D eigenvalue weighted by molar-refractivity contribution is 0.256. The van der Waals surface area contributed by atoms with Crippen LogP contribution in [0.1, 0.15) is 18.3 Å². The van der Waals surface area contributed by atoms with E-state index in [0.29, 0.717) is 13.2 Å². The molecule has 0 saturated heterocycles. The topological polar surface area (TPSA) is 85.7 Å². The first-order valence-corrected chi connectivity index (χ1v) is 9.22. The van der Waals surface area contributed by atoms with E-state index in [1.54, 1.807) is 6.07 Å². The fraction of sp³-hybridized carbons (Fsp3) is 0.238. The van der Waals surface area contributed by atoms with Crippen LogP contribution in [0.25, 0.3) is 10.9 Å². The number of hydrogen-bond donors (Lipinski definition) is 1. The van der Waals surface area contributed by atoms with Gasteiger partial charge in [0.15, 0.2) is 5.82 Å². The molecule has 7 nitrogen and oxygen atoms in total. The maximum absolute atomic E-state index is 11.4. The second-order valence-corrected chi connectivity index (χ2v) is 6.93. The van der Waals surface area contributed by atoms with Gasteiger partial charge >= 0.3 is 0 Å². The first kappa shape index (κ1) is 17.9. The number of tetrazole rings is 1. The molecule has 142 valence electrons. The maximum atomic E-state index is 11.4. The van der Waals surface area contributed by atoms with Crippen molar-refractivity contribution in [2.75, 3.05) is 6.61 Å². The second-order valence-electron chi connectivity index (χ2n) is 6.93. The standard InChI is InChI=1S/C21H21N5O2/c1-15(11-20-23-24-25-26(20)13-16-5-3-2-4-6-16)14-28-18-8-9-19-17(12-18)7-10-21(27)22-19/h2-10,12,15H,11,13-14H2,1H3,(H,22,27). The van der Waals surface area contributed by atoms with Crippen LogP contribution in [0.5, 0.6) is 5.75 Å². The third-order valence-corrected chi connectivity index (χ3v) is 4.54. The Kier molecular flexibility index (Phi) is 5.14. The predicted octanol–water partition coefficient (Wildman–Crippen LogP) is 2.82. The largest absolute Gasteiger partial charge is 0.493 e. The minimum absolute atomic E-state index is 0.108. The normalized spacial score (nSPS) is 12.2. The smallest absolute Gasteiger partial charge is 0.248 e. The van der Waals surface area contributed by atoms with E-state index in [-0.39, 0.29) is 11.5 Å². The summed E-state index contributed by atoms with van der Waals surface area (Å²) in [5.41, 5.74) is 1.85. The Morgan fingerprint density at radius 1 is 1.11 bits per heavy atom. The number of ether oxygens (including phenoxy) is 1. The molecule has 0 aliphatic heterocycles. The van der Waals surface area contributed by atoms with E-state index in [1.165, 1.54) is 6.07 Å². The van der Waals surface area contributed by atoms with Crippen molar-refractivity contribution in [3.8, 4) is 5.75 Å². The van der Waals surface area contributed by atoms with Crippen LogP contribution in [-0.4, -0.2) is 31.8 Å². The summed E-state index contributed by atoms with van der Waals surface area (Å²) in [7, 11) is 0. The fourth-order valence-electron chi connectivity index (χ4n) is 3.08. The van der Waals surface area contributed by atoms with E-state index in [2.05, 4.69) is 39.6 Å². The van der Waals surface area contributed by atoms with Gasteiger partial charge in [-0.3, -0.25) is 4.79 Å². The number of benzene rings is 2. The molecule has 0 saturated carbocycles. The number of H-pyrrole nitrogens is 1. The monoisotopic (exact) mass is 375 g/mol. The molecule has 2 aromatic carbocycles. The highest BCUT2D eigenvalue weighted by atomic mass is 16.5. The zero-order valence-electron chi connectivity index (χ0n) is 15.6. The van der Waals surface area contributed by atoms with E-state index in [9.17, 15) is 4.79 Å². The summed E-state index contributed by atoms with van der Waals surface area (Å²) in [5.74, 6) is 1.86. The molecule has 0 aliphatic rings. The molecule has 0 amide bonds. The molecule has 28 heavy (non-hydrogen) atoms. The van der Waals surface area contributed by atoms with Gasteiger partial charge in [-0.25, -0.2) is 4.68 Å². The molecule has 1 atom stereocenters. The van der Waals surface area contributed by atoms with Crippen molar-refractivity contribution in [2.45, 2.75) is 19.9 Å². The van der Waals surface area contributed by atoms with Crippen LogP contribution >= 0.6 is 0 Å². The van der Waals surface area contributed by atoms with Crippen molar-refractivity contribution < 1.29 is 4.74 Å². The van der Waals surface area contributed by atoms with Gasteiger partial charge in [0.1, 0.15) is 5.75 Å². The van der Waals surface area contributed by atoms with Gasteiger partial charge in [0.2, 0.25) is 5.56 Å². The van der Waals surface area contributed by atoms with Crippen LogP contribution in [0.4, 0.5) is 0 Å². The first-order valence-electron chi connectivity index (χ1n) is 9.22. The van der Waals surface area contributed by atoms with Gasteiger partial charge in [-0.1, -0.05) is 37.3 Å². The van der Waals surface area contributed by atoms with E-state index in [1.807, 2.05) is 41.1 Å². The van der Waals surface area contributed by atoms with E-state index >= 15 is 0 Å². The number of nitrogens with one attached hydrogen (secondary N) is 1. The maximum Gasteiger partial charge on any atom is 0.248 e. The summed E-state index contributed by atoms with van der Waals surface area (Å²) < 4.78 is 7.77. The lowest BCUT2D eigenvalue weighted by atomic mass is 10.1. The summed E-state index contributed by atoms with van der Waals surface area (Å²) >= 11 is 0. The van der Waals surface area contributed by atoms with Crippen LogP contribution in [0, 0.1) is 5.92 Å². The zero-order valence-corrected chi connectivity index (χ0v) is 15.6. The molecular formula is C21H21N5O2. The summed E-state index contributed by atoms with van der Waals surface area (Å²) in [5, 5.41) is 13.0. The Bertz CT molecular complexity index is 1120. The molecule has 7 heteroatoms. The average molecular weight is 375 g/mol. The van der Waals surface area contributed by atoms with Crippen molar-refractivity contribution in [3.63, 3.8) is 0 Å².